The fraction of sp³-hybridized carbons (Fsp3) is 0.545. The number of sulfone groups is 1. The highest BCUT2D eigenvalue weighted by Gasteiger charge is 2.26. The van der Waals surface area contributed by atoms with Crippen LogP contribution >= 0.6 is 0 Å². The first-order valence-corrected chi connectivity index (χ1v) is 12.3. The Bertz CT molecular complexity index is 988. The van der Waals surface area contributed by atoms with Crippen LogP contribution in [0.1, 0.15) is 32.0 Å². The van der Waals surface area contributed by atoms with Gasteiger partial charge in [0.25, 0.3) is 0 Å². The number of amides is 2. The maximum Gasteiger partial charge on any atom is 0.317 e. The van der Waals surface area contributed by atoms with E-state index in [2.05, 4.69) is 10.3 Å². The lowest BCUT2D eigenvalue weighted by molar-refractivity contribution is 0.145. The van der Waals surface area contributed by atoms with Gasteiger partial charge in [0.2, 0.25) is 15.0 Å². The minimum absolute atomic E-state index is 0.00612. The topological polar surface area (TPSA) is 103 Å². The third-order valence-corrected chi connectivity index (χ3v) is 6.35. The Morgan fingerprint density at radius 1 is 1.28 bits per heavy atom. The van der Waals surface area contributed by atoms with Crippen molar-refractivity contribution in [1.82, 2.24) is 19.8 Å². The van der Waals surface area contributed by atoms with Gasteiger partial charge in [-0.15, -0.1) is 0 Å². The summed E-state index contributed by atoms with van der Waals surface area (Å²) < 4.78 is 38.6. The van der Waals surface area contributed by atoms with Gasteiger partial charge in [-0.25, -0.2) is 18.2 Å². The molecule has 0 radical (unpaired) electrons. The first kappa shape index (κ1) is 25.7. The molecule has 9 nitrogen and oxygen atoms in total. The van der Waals surface area contributed by atoms with Crippen molar-refractivity contribution in [3.05, 3.63) is 41.7 Å². The molecule has 2 amide bonds. The number of nitrogens with zero attached hydrogens (tertiary/aromatic N) is 3. The Balaban J connectivity index is 2.38. The zero-order valence-corrected chi connectivity index (χ0v) is 20.3. The number of benzene rings is 1. The smallest absolute Gasteiger partial charge is 0.317 e. The summed E-state index contributed by atoms with van der Waals surface area (Å²) >= 11 is 0. The van der Waals surface area contributed by atoms with Crippen molar-refractivity contribution in [2.75, 3.05) is 33.9 Å². The molecule has 2 aromatic rings. The molecule has 0 aliphatic carbocycles. The molecule has 0 aliphatic rings. The minimum atomic E-state index is -3.72. The molecule has 178 valence electrons. The van der Waals surface area contributed by atoms with Crippen LogP contribution in [0, 0.1) is 5.92 Å². The van der Waals surface area contributed by atoms with Gasteiger partial charge in [0.1, 0.15) is 5.75 Å². The first-order chi connectivity index (χ1) is 15.2. The zero-order valence-electron chi connectivity index (χ0n) is 19.5. The maximum atomic E-state index is 13.3. The van der Waals surface area contributed by atoms with E-state index in [1.54, 1.807) is 54.1 Å². The van der Waals surface area contributed by atoms with Gasteiger partial charge in [0.05, 0.1) is 37.9 Å². The average molecular weight is 467 g/mol. The lowest BCUT2D eigenvalue weighted by Gasteiger charge is -2.24. The highest BCUT2D eigenvalue weighted by Crippen LogP contribution is 2.22. The number of nitrogens with one attached hydrogen (secondary N) is 1. The van der Waals surface area contributed by atoms with Crippen LogP contribution in [0.5, 0.6) is 5.75 Å². The lowest BCUT2D eigenvalue weighted by atomic mass is 10.2. The summed E-state index contributed by atoms with van der Waals surface area (Å²) in [5, 5.41) is 2.79. The maximum absolute atomic E-state index is 13.3. The Morgan fingerprint density at radius 3 is 2.66 bits per heavy atom. The second-order valence-electron chi connectivity index (χ2n) is 7.90. The summed E-state index contributed by atoms with van der Waals surface area (Å²) in [6.07, 6.45) is 1.54. The molecule has 0 saturated heterocycles. The third-order valence-electron chi connectivity index (χ3n) is 4.75. The number of aromatic nitrogens is 2. The molecule has 0 bridgehead atoms. The summed E-state index contributed by atoms with van der Waals surface area (Å²) in [5.74, 6) is 0.591. The molecule has 2 rings (SSSR count). The number of ether oxygens (including phenoxy) is 2. The van der Waals surface area contributed by atoms with E-state index in [0.717, 1.165) is 0 Å². The molecule has 0 fully saturated rings. The fourth-order valence-corrected chi connectivity index (χ4v) is 4.77. The van der Waals surface area contributed by atoms with Crippen LogP contribution in [0.25, 0.3) is 0 Å². The van der Waals surface area contributed by atoms with Crippen LogP contribution in [0.4, 0.5) is 4.79 Å². The van der Waals surface area contributed by atoms with Crippen molar-refractivity contribution in [1.29, 1.82) is 0 Å². The minimum Gasteiger partial charge on any atom is -0.497 e. The highest BCUT2D eigenvalue weighted by molar-refractivity contribution is 7.90. The molecular weight excluding hydrogens is 432 g/mol. The number of urea groups is 1. The summed E-state index contributed by atoms with van der Waals surface area (Å²) in [6.45, 7) is 7.80. The Labute approximate surface area is 190 Å². The van der Waals surface area contributed by atoms with Gasteiger partial charge in [-0.3, -0.25) is 0 Å². The molecule has 1 heterocycles. The number of rotatable bonds is 12. The number of hydrogen-bond donors (Lipinski definition) is 1. The Hall–Kier alpha value is -2.59. The van der Waals surface area contributed by atoms with Crippen LogP contribution in [0.15, 0.2) is 35.6 Å². The molecule has 1 aromatic carbocycles. The van der Waals surface area contributed by atoms with E-state index in [0.29, 0.717) is 43.2 Å². The van der Waals surface area contributed by atoms with E-state index in [9.17, 15) is 13.2 Å². The standard InChI is InChI=1S/C22H34N4O5S/c1-6-23-21(27)25(10-11-30-4)15-19-13-24-22(26(19)14-17(2)3)32(28,29)16-18-8-7-9-20(12-18)31-5/h7-9,12-13,17H,6,10-11,14-16H2,1-5H3,(H,23,27). The van der Waals surface area contributed by atoms with Gasteiger partial charge in [-0.1, -0.05) is 26.0 Å². The van der Waals surface area contributed by atoms with Gasteiger partial charge in [-0.05, 0) is 30.5 Å². The normalized spacial score (nSPS) is 11.6. The predicted octanol–water partition coefficient (Wildman–Crippen LogP) is 2.70. The summed E-state index contributed by atoms with van der Waals surface area (Å²) in [6, 6.07) is 6.75. The molecule has 1 N–H and O–H groups in total. The van der Waals surface area contributed by atoms with Crippen LogP contribution in [0.3, 0.4) is 0 Å². The average Bonchev–Trinajstić information content (AvgIpc) is 3.13. The van der Waals surface area contributed by atoms with E-state index in [1.165, 1.54) is 0 Å². The van der Waals surface area contributed by atoms with Gasteiger partial charge < -0.3 is 24.3 Å². The van der Waals surface area contributed by atoms with Crippen molar-refractivity contribution >= 4 is 15.9 Å². The second kappa shape index (κ2) is 11.9. The van der Waals surface area contributed by atoms with Crippen molar-refractivity contribution in [3.8, 4) is 5.75 Å². The molecule has 0 aliphatic heterocycles. The largest absolute Gasteiger partial charge is 0.497 e. The molecule has 0 unspecified atom stereocenters. The van der Waals surface area contributed by atoms with Crippen molar-refractivity contribution in [2.45, 2.75) is 44.8 Å². The Morgan fingerprint density at radius 2 is 2.03 bits per heavy atom. The molecule has 32 heavy (non-hydrogen) atoms. The molecular formula is C22H34N4O5S. The number of methoxy groups -OCH3 is 2. The van der Waals surface area contributed by atoms with Crippen molar-refractivity contribution in [2.24, 2.45) is 5.92 Å². The van der Waals surface area contributed by atoms with E-state index in [4.69, 9.17) is 9.47 Å². The fourth-order valence-electron chi connectivity index (χ4n) is 3.29. The molecule has 0 saturated carbocycles. The van der Waals surface area contributed by atoms with Gasteiger partial charge in [0, 0.05) is 26.7 Å². The van der Waals surface area contributed by atoms with E-state index >= 15 is 0 Å². The number of carbonyl (C=O) groups is 1. The first-order valence-electron chi connectivity index (χ1n) is 10.6. The summed E-state index contributed by atoms with van der Waals surface area (Å²) in [4.78, 5) is 18.4. The van der Waals surface area contributed by atoms with Crippen molar-refractivity contribution in [3.63, 3.8) is 0 Å². The van der Waals surface area contributed by atoms with Crippen LogP contribution in [-0.4, -0.2) is 62.8 Å². The number of carbonyl (C=O) groups excluding carboxylic acids is 1. The number of imidazole rings is 1. The predicted molar refractivity (Wildman–Crippen MR) is 122 cm³/mol. The van der Waals surface area contributed by atoms with Gasteiger partial charge in [0.15, 0.2) is 0 Å². The van der Waals surface area contributed by atoms with E-state index in [1.807, 2.05) is 20.8 Å². The van der Waals surface area contributed by atoms with E-state index < -0.39 is 9.84 Å². The SMILES string of the molecule is CCNC(=O)N(CCOC)Cc1cnc(S(=O)(=O)Cc2cccc(OC)c2)n1CC(C)C. The van der Waals surface area contributed by atoms with E-state index in [-0.39, 0.29) is 29.4 Å². The third kappa shape index (κ3) is 6.96. The highest BCUT2D eigenvalue weighted by atomic mass is 32.2. The zero-order chi connectivity index (χ0) is 23.7. The second-order valence-corrected chi connectivity index (χ2v) is 9.78. The number of hydrogen-bond acceptors (Lipinski definition) is 6. The molecule has 0 spiro atoms. The van der Waals surface area contributed by atoms with Gasteiger partial charge >= 0.3 is 6.03 Å². The van der Waals surface area contributed by atoms with Gasteiger partial charge in [-0.2, -0.15) is 0 Å². The monoisotopic (exact) mass is 466 g/mol. The summed E-state index contributed by atoms with van der Waals surface area (Å²) in [7, 11) is -0.612. The van der Waals surface area contributed by atoms with Crippen LogP contribution < -0.4 is 10.1 Å². The molecule has 10 heteroatoms. The quantitative estimate of drug-likeness (QED) is 0.516. The Kier molecular flexibility index (Phi) is 9.52. The molecule has 1 aromatic heterocycles. The van der Waals surface area contributed by atoms with Crippen LogP contribution in [0.2, 0.25) is 0 Å². The summed E-state index contributed by atoms with van der Waals surface area (Å²) in [5.41, 5.74) is 1.28. The van der Waals surface area contributed by atoms with Crippen molar-refractivity contribution < 1.29 is 22.7 Å². The van der Waals surface area contributed by atoms with Crippen LogP contribution in [-0.2, 0) is 33.4 Å². The molecule has 0 atom stereocenters. The lowest BCUT2D eigenvalue weighted by Crippen LogP contribution is -2.41.